The monoisotopic (exact) mass is 196 g/mol. The summed E-state index contributed by atoms with van der Waals surface area (Å²) in [5, 5.41) is 0. The van der Waals surface area contributed by atoms with E-state index < -0.39 is 0 Å². The molecule has 0 aromatic carbocycles. The van der Waals surface area contributed by atoms with Gasteiger partial charge in [-0.1, -0.05) is 38.5 Å². The fourth-order valence-corrected chi connectivity index (χ4v) is 1.25. The van der Waals surface area contributed by atoms with Crippen molar-refractivity contribution in [2.75, 3.05) is 13.1 Å². The molecule has 0 radical (unpaired) electrons. The molecule has 14 heavy (non-hydrogen) atoms. The van der Waals surface area contributed by atoms with Crippen LogP contribution in [0.15, 0.2) is 9.98 Å². The van der Waals surface area contributed by atoms with Crippen LogP contribution in [0.2, 0.25) is 0 Å². The molecule has 4 nitrogen and oxygen atoms in total. The van der Waals surface area contributed by atoms with Gasteiger partial charge in [-0.2, -0.15) is 0 Å². The normalized spacial score (nSPS) is 14.0. The molecule has 0 saturated heterocycles. The van der Waals surface area contributed by atoms with Crippen LogP contribution in [0.25, 0.3) is 0 Å². The van der Waals surface area contributed by atoms with Crippen LogP contribution >= 0.6 is 0 Å². The Labute approximate surface area is 84.1 Å². The van der Waals surface area contributed by atoms with Crippen molar-refractivity contribution in [2.45, 2.75) is 38.5 Å². The van der Waals surface area contributed by atoms with E-state index in [2.05, 4.69) is 9.98 Å². The number of isocyanates is 2. The first-order valence-electron chi connectivity index (χ1n) is 4.99. The van der Waals surface area contributed by atoms with Gasteiger partial charge in [0.05, 0.1) is 13.1 Å². The molecular weight excluding hydrogens is 180 g/mol. The van der Waals surface area contributed by atoms with Crippen LogP contribution in [0.5, 0.6) is 0 Å². The maximum Gasteiger partial charge on any atom is 0.235 e. The fourth-order valence-electron chi connectivity index (χ4n) is 1.25. The van der Waals surface area contributed by atoms with Gasteiger partial charge < -0.3 is 0 Å². The highest BCUT2D eigenvalue weighted by Gasteiger charge is 1.95. The van der Waals surface area contributed by atoms with E-state index in [1.807, 2.05) is 0 Å². The minimum atomic E-state index is 0.221. The van der Waals surface area contributed by atoms with Crippen LogP contribution in [0.1, 0.15) is 38.5 Å². The Bertz CT molecular complexity index is 183. The first-order valence-corrected chi connectivity index (χ1v) is 4.99. The van der Waals surface area contributed by atoms with Crippen molar-refractivity contribution in [3.8, 4) is 0 Å². The van der Waals surface area contributed by atoms with Crippen LogP contribution in [0.4, 0.5) is 0 Å². The third kappa shape index (κ3) is 10.8. The fraction of sp³-hybridized carbons (Fsp3) is 0.800. The van der Waals surface area contributed by atoms with Crippen molar-refractivity contribution >= 4 is 12.2 Å². The van der Waals surface area contributed by atoms with E-state index in [0.29, 0.717) is 0 Å². The highest BCUT2D eigenvalue weighted by Crippen LogP contribution is 2.15. The van der Waals surface area contributed by atoms with Gasteiger partial charge >= 0.3 is 0 Å². The van der Waals surface area contributed by atoms with Gasteiger partial charge in [-0.05, 0) is 0 Å². The summed E-state index contributed by atoms with van der Waals surface area (Å²) >= 11 is 0. The van der Waals surface area contributed by atoms with E-state index >= 15 is 0 Å². The SMILES string of the molecule is C1CCCCC1.O=C=NCCN=C=O. The Morgan fingerprint density at radius 1 is 0.714 bits per heavy atom. The van der Waals surface area contributed by atoms with Crippen molar-refractivity contribution in [2.24, 2.45) is 9.98 Å². The molecule has 1 fully saturated rings. The predicted octanol–water partition coefficient (Wildman–Crippen LogP) is 2.00. The molecule has 1 aliphatic carbocycles. The van der Waals surface area contributed by atoms with Crippen molar-refractivity contribution in [1.29, 1.82) is 0 Å². The lowest BCUT2D eigenvalue weighted by Crippen LogP contribution is -1.85. The minimum absolute atomic E-state index is 0.221. The average molecular weight is 196 g/mol. The molecule has 78 valence electrons. The van der Waals surface area contributed by atoms with Gasteiger partial charge in [0.15, 0.2) is 0 Å². The van der Waals surface area contributed by atoms with E-state index in [9.17, 15) is 9.59 Å². The number of aliphatic imine (C=N–C) groups is 2. The zero-order valence-electron chi connectivity index (χ0n) is 8.37. The second kappa shape index (κ2) is 11.8. The van der Waals surface area contributed by atoms with Gasteiger partial charge in [0.1, 0.15) is 0 Å². The molecule has 1 aliphatic rings. The maximum atomic E-state index is 9.34. The van der Waals surface area contributed by atoms with Gasteiger partial charge in [0.25, 0.3) is 0 Å². The summed E-state index contributed by atoms with van der Waals surface area (Å²) in [5.74, 6) is 0. The van der Waals surface area contributed by atoms with E-state index in [4.69, 9.17) is 0 Å². The Hall–Kier alpha value is -1.24. The van der Waals surface area contributed by atoms with Crippen LogP contribution < -0.4 is 0 Å². The first kappa shape index (κ1) is 12.8. The summed E-state index contributed by atoms with van der Waals surface area (Å²) in [6.45, 7) is 0.442. The molecule has 0 aromatic rings. The summed E-state index contributed by atoms with van der Waals surface area (Å²) in [7, 11) is 0. The zero-order chi connectivity index (χ0) is 10.5. The van der Waals surface area contributed by atoms with E-state index in [1.54, 1.807) is 0 Å². The second-order valence-electron chi connectivity index (χ2n) is 3.07. The number of nitrogens with zero attached hydrogens (tertiary/aromatic N) is 2. The highest BCUT2D eigenvalue weighted by molar-refractivity contribution is 5.34. The summed E-state index contributed by atoms with van der Waals surface area (Å²) < 4.78 is 0. The molecule has 0 aromatic heterocycles. The minimum Gasteiger partial charge on any atom is -0.211 e. The molecule has 0 unspecified atom stereocenters. The van der Waals surface area contributed by atoms with Crippen molar-refractivity contribution in [3.05, 3.63) is 0 Å². The lowest BCUT2D eigenvalue weighted by molar-refractivity contribution is 0.504. The lowest BCUT2D eigenvalue weighted by Gasteiger charge is -2.05. The van der Waals surface area contributed by atoms with Gasteiger partial charge in [-0.3, -0.25) is 0 Å². The van der Waals surface area contributed by atoms with Gasteiger partial charge in [-0.25, -0.2) is 19.6 Å². The Morgan fingerprint density at radius 2 is 1.00 bits per heavy atom. The smallest absolute Gasteiger partial charge is 0.211 e. The number of hydrogen-bond donors (Lipinski definition) is 0. The lowest BCUT2D eigenvalue weighted by atomic mass is 10.0. The van der Waals surface area contributed by atoms with Crippen molar-refractivity contribution in [1.82, 2.24) is 0 Å². The molecule has 4 heteroatoms. The third-order valence-electron chi connectivity index (χ3n) is 1.95. The van der Waals surface area contributed by atoms with Crippen molar-refractivity contribution < 1.29 is 9.59 Å². The van der Waals surface area contributed by atoms with Crippen LogP contribution in [0.3, 0.4) is 0 Å². The second-order valence-corrected chi connectivity index (χ2v) is 3.07. The summed E-state index contributed by atoms with van der Waals surface area (Å²) in [6.07, 6.45) is 11.6. The molecule has 1 rings (SSSR count). The molecule has 0 spiro atoms. The van der Waals surface area contributed by atoms with E-state index in [1.165, 1.54) is 50.7 Å². The summed E-state index contributed by atoms with van der Waals surface area (Å²) in [5.41, 5.74) is 0. The summed E-state index contributed by atoms with van der Waals surface area (Å²) in [6, 6.07) is 0. The van der Waals surface area contributed by atoms with Crippen LogP contribution in [-0.4, -0.2) is 25.2 Å². The molecule has 0 heterocycles. The standard InChI is InChI=1S/C6H12.C4H4N2O2/c1-2-4-6-5-3-1;7-3-5-1-2-6-4-8/h1-6H2;1-2H2. The van der Waals surface area contributed by atoms with Crippen molar-refractivity contribution in [3.63, 3.8) is 0 Å². The number of hydrogen-bond acceptors (Lipinski definition) is 4. The first-order chi connectivity index (χ1) is 6.91. The van der Waals surface area contributed by atoms with Gasteiger partial charge in [0, 0.05) is 0 Å². The molecule has 0 atom stereocenters. The molecular formula is C10H16N2O2. The Kier molecular flexibility index (Phi) is 10.7. The summed E-state index contributed by atoms with van der Waals surface area (Å²) in [4.78, 5) is 24.9. The molecule has 0 bridgehead atoms. The Morgan fingerprint density at radius 3 is 1.21 bits per heavy atom. The zero-order valence-corrected chi connectivity index (χ0v) is 8.37. The third-order valence-corrected chi connectivity index (χ3v) is 1.95. The topological polar surface area (TPSA) is 58.9 Å². The largest absolute Gasteiger partial charge is 0.235 e. The van der Waals surface area contributed by atoms with E-state index in [-0.39, 0.29) is 13.1 Å². The molecule has 0 N–H and O–H groups in total. The quantitative estimate of drug-likeness (QED) is 0.394. The Balaban J connectivity index is 0.000000249. The number of rotatable bonds is 3. The van der Waals surface area contributed by atoms with Gasteiger partial charge in [0.2, 0.25) is 12.2 Å². The number of carbonyl (C=O) groups excluding carboxylic acids is 2. The van der Waals surface area contributed by atoms with Gasteiger partial charge in [-0.15, -0.1) is 0 Å². The molecule has 1 saturated carbocycles. The highest BCUT2D eigenvalue weighted by atomic mass is 16.1. The van der Waals surface area contributed by atoms with E-state index in [0.717, 1.165) is 0 Å². The average Bonchev–Trinajstić information content (AvgIpc) is 2.28. The maximum absolute atomic E-state index is 9.34. The van der Waals surface area contributed by atoms with Crippen LogP contribution in [0, 0.1) is 0 Å². The predicted molar refractivity (Wildman–Crippen MR) is 53.7 cm³/mol. The molecule has 0 aliphatic heterocycles. The van der Waals surface area contributed by atoms with Crippen LogP contribution in [-0.2, 0) is 9.59 Å². The molecule has 0 amide bonds.